The Hall–Kier alpha value is -3.80. The van der Waals surface area contributed by atoms with E-state index in [9.17, 15) is 4.79 Å². The molecule has 28 heavy (non-hydrogen) atoms. The van der Waals surface area contributed by atoms with Gasteiger partial charge in [0.1, 0.15) is 0 Å². The van der Waals surface area contributed by atoms with Gasteiger partial charge in [-0.15, -0.1) is 0 Å². The van der Waals surface area contributed by atoms with E-state index in [0.29, 0.717) is 24.3 Å². The molecule has 5 rings (SSSR count). The number of aryl methyl sites for hydroxylation is 2. The molecule has 0 saturated heterocycles. The van der Waals surface area contributed by atoms with Gasteiger partial charge in [-0.25, -0.2) is 14.8 Å². The highest BCUT2D eigenvalue weighted by atomic mass is 16.4. The van der Waals surface area contributed by atoms with Gasteiger partial charge >= 0.3 is 5.76 Å². The number of nitrogens with zero attached hydrogens (tertiary/aromatic N) is 4. The Balaban J connectivity index is 1.59. The summed E-state index contributed by atoms with van der Waals surface area (Å²) in [5.41, 5.74) is 4.34. The van der Waals surface area contributed by atoms with Crippen LogP contribution in [-0.2, 0) is 13.0 Å². The lowest BCUT2D eigenvalue weighted by Crippen LogP contribution is -2.16. The highest BCUT2D eigenvalue weighted by Crippen LogP contribution is 2.26. The van der Waals surface area contributed by atoms with Crippen molar-refractivity contribution in [1.29, 1.82) is 0 Å². The first-order chi connectivity index (χ1) is 13.8. The monoisotopic (exact) mass is 368 g/mol. The predicted molar refractivity (Wildman–Crippen MR) is 107 cm³/mol. The SMILES string of the molecule is O=c1oc2ncc(-c3cccc4ncccc34)nc2n1CCc1ccccc1. The zero-order chi connectivity index (χ0) is 18.9. The Bertz CT molecular complexity index is 1330. The summed E-state index contributed by atoms with van der Waals surface area (Å²) in [7, 11) is 0. The number of rotatable bonds is 4. The second kappa shape index (κ2) is 6.74. The van der Waals surface area contributed by atoms with Gasteiger partial charge in [0, 0.05) is 23.7 Å². The van der Waals surface area contributed by atoms with Gasteiger partial charge in [-0.3, -0.25) is 9.55 Å². The molecular weight excluding hydrogens is 352 g/mol. The Labute approximate surface area is 160 Å². The van der Waals surface area contributed by atoms with E-state index in [4.69, 9.17) is 9.40 Å². The topological polar surface area (TPSA) is 73.8 Å². The summed E-state index contributed by atoms with van der Waals surface area (Å²) in [6.07, 6.45) is 4.10. The lowest BCUT2D eigenvalue weighted by molar-refractivity contribution is 0.499. The maximum absolute atomic E-state index is 12.3. The first-order valence-electron chi connectivity index (χ1n) is 9.04. The molecule has 0 spiro atoms. The van der Waals surface area contributed by atoms with Gasteiger partial charge in [0.05, 0.1) is 17.4 Å². The molecule has 6 heteroatoms. The number of aromatic nitrogens is 4. The third-order valence-corrected chi connectivity index (χ3v) is 4.77. The summed E-state index contributed by atoms with van der Waals surface area (Å²) in [5.74, 6) is -0.442. The summed E-state index contributed by atoms with van der Waals surface area (Å²) < 4.78 is 6.83. The molecule has 2 aromatic carbocycles. The van der Waals surface area contributed by atoms with Crippen molar-refractivity contribution < 1.29 is 4.42 Å². The number of hydrogen-bond acceptors (Lipinski definition) is 5. The third kappa shape index (κ3) is 2.85. The molecule has 3 aromatic heterocycles. The number of hydrogen-bond donors (Lipinski definition) is 0. The summed E-state index contributed by atoms with van der Waals surface area (Å²) in [6.45, 7) is 0.477. The van der Waals surface area contributed by atoms with E-state index in [1.165, 1.54) is 0 Å². The Morgan fingerprint density at radius 3 is 2.71 bits per heavy atom. The maximum atomic E-state index is 12.3. The van der Waals surface area contributed by atoms with E-state index in [1.807, 2.05) is 60.7 Å². The first kappa shape index (κ1) is 16.4. The minimum atomic E-state index is -0.442. The van der Waals surface area contributed by atoms with E-state index >= 15 is 0 Å². The molecule has 0 saturated carbocycles. The molecule has 0 aliphatic carbocycles. The van der Waals surface area contributed by atoms with Gasteiger partial charge < -0.3 is 4.42 Å². The first-order valence-corrected chi connectivity index (χ1v) is 9.04. The van der Waals surface area contributed by atoms with Gasteiger partial charge in [-0.05, 0) is 24.1 Å². The number of oxazole rings is 1. The average Bonchev–Trinajstić information content (AvgIpc) is 3.06. The summed E-state index contributed by atoms with van der Waals surface area (Å²) in [5, 5.41) is 0.986. The highest BCUT2D eigenvalue weighted by molar-refractivity contribution is 5.93. The predicted octanol–water partition coefficient (Wildman–Crippen LogP) is 3.84. The number of pyridine rings is 1. The van der Waals surface area contributed by atoms with Crippen LogP contribution < -0.4 is 5.76 Å². The van der Waals surface area contributed by atoms with Crippen molar-refractivity contribution in [2.45, 2.75) is 13.0 Å². The third-order valence-electron chi connectivity index (χ3n) is 4.77. The zero-order valence-corrected chi connectivity index (χ0v) is 14.9. The van der Waals surface area contributed by atoms with Crippen LogP contribution in [0.15, 0.2) is 82.3 Å². The molecule has 0 N–H and O–H groups in total. The second-order valence-electron chi connectivity index (χ2n) is 6.51. The van der Waals surface area contributed by atoms with E-state index in [0.717, 1.165) is 22.0 Å². The van der Waals surface area contributed by atoms with Crippen molar-refractivity contribution >= 4 is 22.3 Å². The molecule has 0 aliphatic rings. The molecule has 5 aromatic rings. The van der Waals surface area contributed by atoms with Crippen LogP contribution in [0.25, 0.3) is 33.5 Å². The minimum absolute atomic E-state index is 0.250. The van der Waals surface area contributed by atoms with Gasteiger partial charge in [-0.2, -0.15) is 0 Å². The van der Waals surface area contributed by atoms with Crippen molar-refractivity contribution in [3.8, 4) is 11.3 Å². The van der Waals surface area contributed by atoms with E-state index in [-0.39, 0.29) is 5.71 Å². The van der Waals surface area contributed by atoms with Crippen molar-refractivity contribution in [2.75, 3.05) is 0 Å². The Kier molecular flexibility index (Phi) is 3.94. The van der Waals surface area contributed by atoms with Gasteiger partial charge in [-0.1, -0.05) is 48.5 Å². The summed E-state index contributed by atoms with van der Waals surface area (Å²) in [4.78, 5) is 25.8. The normalized spacial score (nSPS) is 11.3. The summed E-state index contributed by atoms with van der Waals surface area (Å²) in [6, 6.07) is 19.8. The van der Waals surface area contributed by atoms with E-state index < -0.39 is 5.76 Å². The smallest absolute Gasteiger partial charge is 0.387 e. The minimum Gasteiger partial charge on any atom is -0.387 e. The van der Waals surface area contributed by atoms with Gasteiger partial charge in [0.25, 0.3) is 5.71 Å². The lowest BCUT2D eigenvalue weighted by Gasteiger charge is -2.06. The number of fused-ring (bicyclic) bond motifs is 2. The fourth-order valence-corrected chi connectivity index (χ4v) is 3.38. The van der Waals surface area contributed by atoms with Crippen LogP contribution in [-0.4, -0.2) is 19.5 Å². The van der Waals surface area contributed by atoms with Crippen LogP contribution in [0.4, 0.5) is 0 Å². The molecule has 0 fully saturated rings. The fraction of sp³-hybridized carbons (Fsp3) is 0.0909. The Morgan fingerprint density at radius 2 is 1.82 bits per heavy atom. The molecular formula is C22H16N4O2. The van der Waals surface area contributed by atoms with Gasteiger partial charge in [0.2, 0.25) is 5.65 Å². The van der Waals surface area contributed by atoms with Crippen molar-refractivity contribution in [3.05, 3.63) is 89.2 Å². The highest BCUT2D eigenvalue weighted by Gasteiger charge is 2.14. The maximum Gasteiger partial charge on any atom is 0.422 e. The summed E-state index contributed by atoms with van der Waals surface area (Å²) >= 11 is 0. The lowest BCUT2D eigenvalue weighted by atomic mass is 10.1. The molecule has 0 aliphatic heterocycles. The van der Waals surface area contributed by atoms with E-state index in [2.05, 4.69) is 9.97 Å². The Morgan fingerprint density at radius 1 is 0.929 bits per heavy atom. The van der Waals surface area contributed by atoms with Crippen LogP contribution in [0.5, 0.6) is 0 Å². The largest absolute Gasteiger partial charge is 0.422 e. The second-order valence-corrected chi connectivity index (χ2v) is 6.51. The van der Waals surface area contributed by atoms with Crippen LogP contribution in [0.1, 0.15) is 5.56 Å². The van der Waals surface area contributed by atoms with Crippen LogP contribution >= 0.6 is 0 Å². The molecule has 0 bridgehead atoms. The molecule has 0 radical (unpaired) electrons. The molecule has 0 unspecified atom stereocenters. The zero-order valence-electron chi connectivity index (χ0n) is 14.9. The van der Waals surface area contributed by atoms with E-state index in [1.54, 1.807) is 17.0 Å². The number of benzene rings is 2. The van der Waals surface area contributed by atoms with Crippen molar-refractivity contribution in [3.63, 3.8) is 0 Å². The van der Waals surface area contributed by atoms with Crippen LogP contribution in [0.2, 0.25) is 0 Å². The standard InChI is InChI=1S/C22H16N4O2/c27-22-26(13-11-15-6-2-1-3-7-15)20-21(28-22)24-14-19(25-20)17-8-4-10-18-16(17)9-5-12-23-18/h1-10,12,14H,11,13H2. The molecule has 136 valence electrons. The molecule has 0 amide bonds. The molecule has 3 heterocycles. The molecule has 0 atom stereocenters. The van der Waals surface area contributed by atoms with Crippen LogP contribution in [0, 0.1) is 0 Å². The average molecular weight is 368 g/mol. The molecule has 6 nitrogen and oxygen atoms in total. The van der Waals surface area contributed by atoms with Crippen LogP contribution in [0.3, 0.4) is 0 Å². The van der Waals surface area contributed by atoms with Crippen molar-refractivity contribution in [1.82, 2.24) is 19.5 Å². The van der Waals surface area contributed by atoms with Gasteiger partial charge in [0.15, 0.2) is 0 Å². The quantitative estimate of drug-likeness (QED) is 0.482. The fourth-order valence-electron chi connectivity index (χ4n) is 3.38. The van der Waals surface area contributed by atoms with Crippen molar-refractivity contribution in [2.24, 2.45) is 0 Å².